The van der Waals surface area contributed by atoms with Crippen molar-refractivity contribution in [3.8, 4) is 11.5 Å². The number of fused-ring (bicyclic) bond motifs is 3. The van der Waals surface area contributed by atoms with Crippen molar-refractivity contribution in [2.75, 3.05) is 25.7 Å². The molecular weight excluding hydrogens is 498 g/mol. The number of ether oxygens (including phenoxy) is 2. The van der Waals surface area contributed by atoms with Gasteiger partial charge in [0, 0.05) is 17.8 Å². The molecule has 0 aliphatic carbocycles. The number of methoxy groups -OCH3 is 2. The topological polar surface area (TPSA) is 71.1 Å². The maximum Gasteiger partial charge on any atom is 0.270 e. The van der Waals surface area contributed by atoms with Gasteiger partial charge in [-0.25, -0.2) is 0 Å². The molecule has 2 aromatic rings. The average molecular weight is 524 g/mol. The Balaban J connectivity index is 1.47. The third-order valence-corrected chi connectivity index (χ3v) is 7.54. The number of benzene rings is 2. The van der Waals surface area contributed by atoms with Gasteiger partial charge in [0.15, 0.2) is 16.6 Å². The van der Waals surface area contributed by atoms with Crippen molar-refractivity contribution in [2.24, 2.45) is 5.92 Å². The molecule has 0 radical (unpaired) electrons. The van der Waals surface area contributed by atoms with Crippen LogP contribution in [-0.4, -0.2) is 42.6 Å². The van der Waals surface area contributed by atoms with Gasteiger partial charge in [-0.3, -0.25) is 19.8 Å². The van der Waals surface area contributed by atoms with Crippen LogP contribution in [0.1, 0.15) is 30.5 Å². The quantitative estimate of drug-likeness (QED) is 0.360. The Morgan fingerprint density at radius 2 is 1.81 bits per heavy atom. The van der Waals surface area contributed by atoms with Gasteiger partial charge in [-0.2, -0.15) is 0 Å². The van der Waals surface area contributed by atoms with E-state index in [0.717, 1.165) is 30.7 Å². The minimum absolute atomic E-state index is 0.0484. The number of anilines is 1. The summed E-state index contributed by atoms with van der Waals surface area (Å²) in [4.78, 5) is 29.8. The Kier molecular flexibility index (Phi) is 6.49. The molecule has 0 bridgehead atoms. The number of allylic oxidation sites excluding steroid dienone is 2. The summed E-state index contributed by atoms with van der Waals surface area (Å²) in [6, 6.07) is 11.1. The van der Waals surface area contributed by atoms with Crippen molar-refractivity contribution in [2.45, 2.75) is 25.8 Å². The molecule has 0 spiro atoms. The molecule has 1 saturated heterocycles. The maximum absolute atomic E-state index is 13.4. The molecule has 2 atom stereocenters. The Bertz CT molecular complexity index is 1320. The average Bonchev–Trinajstić information content (AvgIpc) is 2.86. The second-order valence-electron chi connectivity index (χ2n) is 9.11. The highest BCUT2D eigenvalue weighted by molar-refractivity contribution is 7.80. The number of hydrogen-bond acceptors (Lipinski definition) is 6. The van der Waals surface area contributed by atoms with Gasteiger partial charge in [0.1, 0.15) is 5.57 Å². The van der Waals surface area contributed by atoms with Gasteiger partial charge < -0.3 is 14.4 Å². The van der Waals surface area contributed by atoms with E-state index in [9.17, 15) is 9.59 Å². The Morgan fingerprint density at radius 3 is 2.50 bits per heavy atom. The number of thiocarbonyl (C=S) groups is 1. The molecule has 9 heteroatoms. The SMILES string of the molecule is COc1cc2c(cc1OC)C1C[C@@H](C)C(/C=C3/C(=O)NC(=S)N(c4ccc(Cl)cc4)C3=O)=CN1CC2. The summed E-state index contributed by atoms with van der Waals surface area (Å²) in [5.74, 6) is 0.620. The normalized spacial score (nSPS) is 22.6. The van der Waals surface area contributed by atoms with Crippen LogP contribution in [0, 0.1) is 5.92 Å². The molecule has 1 fully saturated rings. The van der Waals surface area contributed by atoms with Gasteiger partial charge in [-0.15, -0.1) is 0 Å². The van der Waals surface area contributed by atoms with Crippen molar-refractivity contribution in [1.29, 1.82) is 0 Å². The number of rotatable bonds is 4. The summed E-state index contributed by atoms with van der Waals surface area (Å²) in [6.07, 6.45) is 5.48. The number of halogens is 1. The lowest BCUT2D eigenvalue weighted by Crippen LogP contribution is -2.54. The minimum atomic E-state index is -0.494. The minimum Gasteiger partial charge on any atom is -0.493 e. The van der Waals surface area contributed by atoms with Crippen LogP contribution >= 0.6 is 23.8 Å². The zero-order valence-corrected chi connectivity index (χ0v) is 21.8. The van der Waals surface area contributed by atoms with Crippen LogP contribution in [0.2, 0.25) is 5.02 Å². The molecular formula is C27H26ClN3O4S. The van der Waals surface area contributed by atoms with Crippen LogP contribution in [0.3, 0.4) is 0 Å². The van der Waals surface area contributed by atoms with Crippen LogP contribution in [0.4, 0.5) is 5.69 Å². The molecule has 3 aliphatic heterocycles. The number of hydrogen-bond donors (Lipinski definition) is 1. The molecule has 1 unspecified atom stereocenters. The fourth-order valence-electron chi connectivity index (χ4n) is 5.08. The lowest BCUT2D eigenvalue weighted by Gasteiger charge is -2.42. The third-order valence-electron chi connectivity index (χ3n) is 7.00. The standard InChI is InChI=1S/C27H26ClN3O4S/c1-15-10-22-20-13-24(35-3)23(34-2)12-16(20)8-9-30(22)14-17(15)11-21-25(32)29-27(36)31(26(21)33)19-6-4-18(28)5-7-19/h4-7,11-15,22H,8-10H2,1-3H3,(H,29,32,36)/b21-11-/t15-,22?/m1/s1. The van der Waals surface area contributed by atoms with Crippen molar-refractivity contribution < 1.29 is 19.1 Å². The maximum atomic E-state index is 13.4. The summed E-state index contributed by atoms with van der Waals surface area (Å²) < 4.78 is 11.0. The summed E-state index contributed by atoms with van der Waals surface area (Å²) >= 11 is 11.3. The van der Waals surface area contributed by atoms with Gasteiger partial charge in [0.05, 0.1) is 25.9 Å². The largest absolute Gasteiger partial charge is 0.493 e. The van der Waals surface area contributed by atoms with Crippen molar-refractivity contribution in [3.05, 3.63) is 76.0 Å². The van der Waals surface area contributed by atoms with E-state index in [-0.39, 0.29) is 22.6 Å². The van der Waals surface area contributed by atoms with E-state index < -0.39 is 11.8 Å². The molecule has 5 rings (SSSR count). The highest BCUT2D eigenvalue weighted by Crippen LogP contribution is 2.44. The molecule has 0 saturated carbocycles. The smallest absolute Gasteiger partial charge is 0.270 e. The van der Waals surface area contributed by atoms with Gasteiger partial charge >= 0.3 is 0 Å². The Hall–Kier alpha value is -3.36. The molecule has 0 aromatic heterocycles. The fraction of sp³-hybridized carbons (Fsp3) is 0.296. The molecule has 186 valence electrons. The highest BCUT2D eigenvalue weighted by atomic mass is 35.5. The Morgan fingerprint density at radius 1 is 1.11 bits per heavy atom. The second kappa shape index (κ2) is 9.59. The number of nitrogens with zero attached hydrogens (tertiary/aromatic N) is 2. The number of carbonyl (C=O) groups is 2. The van der Waals surface area contributed by atoms with Crippen LogP contribution in [0.5, 0.6) is 11.5 Å². The molecule has 7 nitrogen and oxygen atoms in total. The van der Waals surface area contributed by atoms with E-state index in [1.807, 2.05) is 0 Å². The van der Waals surface area contributed by atoms with E-state index in [1.165, 1.54) is 16.0 Å². The van der Waals surface area contributed by atoms with Crippen molar-refractivity contribution in [3.63, 3.8) is 0 Å². The van der Waals surface area contributed by atoms with Gasteiger partial charge in [-0.05, 0) is 90.2 Å². The van der Waals surface area contributed by atoms with Gasteiger partial charge in [0.2, 0.25) is 0 Å². The summed E-state index contributed by atoms with van der Waals surface area (Å²) in [6.45, 7) is 2.94. The van der Waals surface area contributed by atoms with Gasteiger partial charge in [-0.1, -0.05) is 18.5 Å². The van der Waals surface area contributed by atoms with E-state index in [1.54, 1.807) is 44.6 Å². The first-order valence-electron chi connectivity index (χ1n) is 11.7. The zero-order chi connectivity index (χ0) is 25.6. The summed E-state index contributed by atoms with van der Waals surface area (Å²) in [5, 5.41) is 3.24. The first-order valence-corrected chi connectivity index (χ1v) is 12.5. The molecule has 1 N–H and O–H groups in total. The number of carbonyl (C=O) groups excluding carboxylic acids is 2. The molecule has 2 amide bonds. The van der Waals surface area contributed by atoms with Crippen LogP contribution < -0.4 is 19.7 Å². The first-order chi connectivity index (χ1) is 17.3. The summed E-state index contributed by atoms with van der Waals surface area (Å²) in [5.41, 5.74) is 4.00. The van der Waals surface area contributed by atoms with Crippen LogP contribution in [0.25, 0.3) is 0 Å². The first kappa shape index (κ1) is 24.3. The van der Waals surface area contributed by atoms with Crippen LogP contribution in [-0.2, 0) is 16.0 Å². The van der Waals surface area contributed by atoms with Gasteiger partial charge in [0.25, 0.3) is 11.8 Å². The molecule has 36 heavy (non-hydrogen) atoms. The molecule has 3 aliphatic rings. The van der Waals surface area contributed by atoms with E-state index in [4.69, 9.17) is 33.3 Å². The molecule has 3 heterocycles. The third kappa shape index (κ3) is 4.24. The molecule has 2 aromatic carbocycles. The number of amides is 2. The van der Waals surface area contributed by atoms with Crippen molar-refractivity contribution in [1.82, 2.24) is 10.2 Å². The number of nitrogens with one attached hydrogen (secondary N) is 1. The van der Waals surface area contributed by atoms with E-state index in [0.29, 0.717) is 16.5 Å². The lowest BCUT2D eigenvalue weighted by molar-refractivity contribution is -0.122. The van der Waals surface area contributed by atoms with E-state index >= 15 is 0 Å². The fourth-order valence-corrected chi connectivity index (χ4v) is 5.49. The Labute approximate surface area is 220 Å². The highest BCUT2D eigenvalue weighted by Gasteiger charge is 2.37. The predicted molar refractivity (Wildman–Crippen MR) is 142 cm³/mol. The van der Waals surface area contributed by atoms with E-state index in [2.05, 4.69) is 35.5 Å². The zero-order valence-electron chi connectivity index (χ0n) is 20.2. The predicted octanol–water partition coefficient (Wildman–Crippen LogP) is 4.55. The van der Waals surface area contributed by atoms with Crippen LogP contribution in [0.15, 0.2) is 59.8 Å². The monoisotopic (exact) mass is 523 g/mol. The lowest BCUT2D eigenvalue weighted by atomic mass is 9.81. The van der Waals surface area contributed by atoms with Crippen molar-refractivity contribution >= 4 is 46.4 Å². The second-order valence-corrected chi connectivity index (χ2v) is 9.93. The summed E-state index contributed by atoms with van der Waals surface area (Å²) in [7, 11) is 3.29.